The topological polar surface area (TPSA) is 47.6 Å². The summed E-state index contributed by atoms with van der Waals surface area (Å²) in [6.45, 7) is 14.1. The van der Waals surface area contributed by atoms with Crippen LogP contribution in [0.3, 0.4) is 0 Å². The normalized spacial score (nSPS) is 37.1. The number of methoxy groups -OCH3 is 1. The standard InChI is InChI=1S/C34H59NO3/c1-24(2)11-12-25(3)29-15-16-30-28-14-13-26-23-27(38-32(36)35-21-9-7-8-10-22-37-6)17-19-33(26,4)31(28)18-20-34(29,30)5/h13,24-25,27-31H,7-12,14-23H2,1-6H3,(H,35,36). The van der Waals surface area contributed by atoms with Crippen LogP contribution in [0.15, 0.2) is 11.6 Å². The van der Waals surface area contributed by atoms with Gasteiger partial charge < -0.3 is 14.8 Å². The van der Waals surface area contributed by atoms with Crippen molar-refractivity contribution in [2.75, 3.05) is 20.3 Å². The summed E-state index contributed by atoms with van der Waals surface area (Å²) in [7, 11) is 1.75. The van der Waals surface area contributed by atoms with Gasteiger partial charge in [0.2, 0.25) is 0 Å². The van der Waals surface area contributed by atoms with E-state index in [1.807, 2.05) is 0 Å². The van der Waals surface area contributed by atoms with Crippen molar-refractivity contribution in [2.45, 2.75) is 131 Å². The highest BCUT2D eigenvalue weighted by Gasteiger charge is 2.59. The average Bonchev–Trinajstić information content (AvgIpc) is 3.24. The molecular formula is C34H59NO3. The van der Waals surface area contributed by atoms with E-state index in [0.717, 1.165) is 80.6 Å². The third-order valence-corrected chi connectivity index (χ3v) is 11.8. The van der Waals surface area contributed by atoms with Crippen molar-refractivity contribution in [2.24, 2.45) is 46.3 Å². The molecule has 4 heteroatoms. The zero-order valence-electron chi connectivity index (χ0n) is 25.7. The second-order valence-electron chi connectivity index (χ2n) is 14.5. The third-order valence-electron chi connectivity index (χ3n) is 11.8. The molecule has 0 radical (unpaired) electrons. The molecule has 4 nitrogen and oxygen atoms in total. The van der Waals surface area contributed by atoms with Crippen LogP contribution in [0.4, 0.5) is 4.79 Å². The fraction of sp³-hybridized carbons (Fsp3) is 0.912. The Hall–Kier alpha value is -1.03. The lowest BCUT2D eigenvalue weighted by molar-refractivity contribution is -0.0582. The highest BCUT2D eigenvalue weighted by molar-refractivity contribution is 5.67. The molecule has 1 N–H and O–H groups in total. The van der Waals surface area contributed by atoms with Crippen molar-refractivity contribution >= 4 is 6.09 Å². The number of carbonyl (C=O) groups excluding carboxylic acids is 1. The number of hydrogen-bond acceptors (Lipinski definition) is 3. The Morgan fingerprint density at radius 2 is 1.79 bits per heavy atom. The zero-order chi connectivity index (χ0) is 27.3. The van der Waals surface area contributed by atoms with Crippen LogP contribution in [0.1, 0.15) is 125 Å². The Kier molecular flexibility index (Phi) is 10.3. The summed E-state index contributed by atoms with van der Waals surface area (Å²) >= 11 is 0. The zero-order valence-corrected chi connectivity index (χ0v) is 25.7. The molecule has 0 aromatic heterocycles. The molecule has 218 valence electrons. The largest absolute Gasteiger partial charge is 0.446 e. The van der Waals surface area contributed by atoms with Crippen molar-refractivity contribution in [3.05, 3.63) is 11.6 Å². The summed E-state index contributed by atoms with van der Waals surface area (Å²) in [6, 6.07) is 0. The van der Waals surface area contributed by atoms with Crippen molar-refractivity contribution in [3.63, 3.8) is 0 Å². The minimum absolute atomic E-state index is 0.0408. The van der Waals surface area contributed by atoms with Crippen LogP contribution in [-0.2, 0) is 9.47 Å². The van der Waals surface area contributed by atoms with Crippen LogP contribution < -0.4 is 5.32 Å². The second kappa shape index (κ2) is 13.1. The van der Waals surface area contributed by atoms with Gasteiger partial charge in [0.15, 0.2) is 0 Å². The quantitative estimate of drug-likeness (QED) is 0.203. The molecule has 3 fully saturated rings. The van der Waals surface area contributed by atoms with Gasteiger partial charge in [-0.05, 0) is 104 Å². The molecule has 0 aromatic rings. The van der Waals surface area contributed by atoms with Gasteiger partial charge in [0.25, 0.3) is 0 Å². The molecule has 38 heavy (non-hydrogen) atoms. The Morgan fingerprint density at radius 1 is 1.00 bits per heavy atom. The lowest BCUT2D eigenvalue weighted by atomic mass is 9.47. The number of alkyl carbamates (subject to hydrolysis) is 1. The maximum Gasteiger partial charge on any atom is 0.407 e. The molecule has 0 spiro atoms. The fourth-order valence-corrected chi connectivity index (χ4v) is 9.61. The van der Waals surface area contributed by atoms with Crippen LogP contribution in [0.25, 0.3) is 0 Å². The molecule has 0 heterocycles. The highest BCUT2D eigenvalue weighted by atomic mass is 16.6. The van der Waals surface area contributed by atoms with Crippen molar-refractivity contribution in [1.29, 1.82) is 0 Å². The fourth-order valence-electron chi connectivity index (χ4n) is 9.61. The molecule has 0 aromatic carbocycles. The molecule has 8 atom stereocenters. The van der Waals surface area contributed by atoms with E-state index in [0.29, 0.717) is 17.4 Å². The van der Waals surface area contributed by atoms with Crippen LogP contribution in [-0.4, -0.2) is 32.5 Å². The molecular weight excluding hydrogens is 470 g/mol. The van der Waals surface area contributed by atoms with Crippen LogP contribution >= 0.6 is 0 Å². The Balaban J connectivity index is 1.30. The average molecular weight is 530 g/mol. The number of carbonyl (C=O) groups is 1. The number of ether oxygens (including phenoxy) is 2. The molecule has 4 aliphatic carbocycles. The summed E-state index contributed by atoms with van der Waals surface area (Å²) in [5.41, 5.74) is 2.45. The second-order valence-corrected chi connectivity index (χ2v) is 14.5. The number of nitrogens with one attached hydrogen (secondary N) is 1. The monoisotopic (exact) mass is 529 g/mol. The van der Waals surface area contributed by atoms with Gasteiger partial charge in [0, 0.05) is 26.7 Å². The van der Waals surface area contributed by atoms with E-state index in [-0.39, 0.29) is 12.2 Å². The maximum atomic E-state index is 12.5. The summed E-state index contributed by atoms with van der Waals surface area (Å²) in [5, 5.41) is 2.99. The van der Waals surface area contributed by atoms with E-state index < -0.39 is 0 Å². The first-order chi connectivity index (χ1) is 18.2. The first kappa shape index (κ1) is 29.9. The first-order valence-electron chi connectivity index (χ1n) is 16.3. The van der Waals surface area contributed by atoms with Gasteiger partial charge in [-0.2, -0.15) is 0 Å². The van der Waals surface area contributed by atoms with E-state index in [1.165, 1.54) is 51.4 Å². The number of hydrogen-bond donors (Lipinski definition) is 1. The van der Waals surface area contributed by atoms with Gasteiger partial charge in [0.1, 0.15) is 6.10 Å². The van der Waals surface area contributed by atoms with Gasteiger partial charge in [0.05, 0.1) is 0 Å². The molecule has 0 aliphatic heterocycles. The summed E-state index contributed by atoms with van der Waals surface area (Å²) in [5.74, 6) is 5.17. The van der Waals surface area contributed by atoms with Gasteiger partial charge in [-0.1, -0.05) is 72.0 Å². The number of allylic oxidation sites excluding steroid dienone is 1. The SMILES string of the molecule is COCCCCCCNC(=O)OC1CCC2(C)C(=CCC3C2CCC2(C)C(C(C)CCC(C)C)CCC32)C1. The minimum atomic E-state index is -0.221. The van der Waals surface area contributed by atoms with E-state index >= 15 is 0 Å². The van der Waals surface area contributed by atoms with Gasteiger partial charge >= 0.3 is 6.09 Å². The molecule has 1 amide bonds. The Bertz CT molecular complexity index is 808. The molecule has 0 bridgehead atoms. The smallest absolute Gasteiger partial charge is 0.407 e. The maximum absolute atomic E-state index is 12.5. The van der Waals surface area contributed by atoms with Crippen LogP contribution in [0.5, 0.6) is 0 Å². The predicted molar refractivity (Wildman–Crippen MR) is 157 cm³/mol. The number of fused-ring (bicyclic) bond motifs is 5. The minimum Gasteiger partial charge on any atom is -0.446 e. The van der Waals surface area contributed by atoms with E-state index in [4.69, 9.17) is 9.47 Å². The highest BCUT2D eigenvalue weighted by Crippen LogP contribution is 2.67. The summed E-state index contributed by atoms with van der Waals surface area (Å²) in [4.78, 5) is 12.5. The van der Waals surface area contributed by atoms with E-state index in [9.17, 15) is 4.79 Å². The Morgan fingerprint density at radius 3 is 2.55 bits per heavy atom. The van der Waals surface area contributed by atoms with Gasteiger partial charge in [-0.25, -0.2) is 4.79 Å². The number of unbranched alkanes of at least 4 members (excludes halogenated alkanes) is 3. The van der Waals surface area contributed by atoms with Crippen LogP contribution in [0, 0.1) is 46.3 Å². The van der Waals surface area contributed by atoms with Crippen LogP contribution in [0.2, 0.25) is 0 Å². The molecule has 4 rings (SSSR count). The Labute approximate surface area is 234 Å². The predicted octanol–water partition coefficient (Wildman–Crippen LogP) is 8.94. The molecule has 0 saturated heterocycles. The third kappa shape index (κ3) is 6.47. The lowest BCUT2D eigenvalue weighted by Gasteiger charge is -2.58. The number of amides is 1. The number of rotatable bonds is 12. The molecule has 3 saturated carbocycles. The summed E-state index contributed by atoms with van der Waals surface area (Å²) in [6.07, 6.45) is 19.7. The van der Waals surface area contributed by atoms with Crippen molar-refractivity contribution in [3.8, 4) is 0 Å². The lowest BCUT2D eigenvalue weighted by Crippen LogP contribution is -2.51. The summed E-state index contributed by atoms with van der Waals surface area (Å²) < 4.78 is 11.0. The van der Waals surface area contributed by atoms with E-state index in [2.05, 4.69) is 46.0 Å². The molecule has 4 aliphatic rings. The first-order valence-corrected chi connectivity index (χ1v) is 16.3. The van der Waals surface area contributed by atoms with Crippen molar-refractivity contribution < 1.29 is 14.3 Å². The molecule has 8 unspecified atom stereocenters. The van der Waals surface area contributed by atoms with E-state index in [1.54, 1.807) is 12.7 Å². The van der Waals surface area contributed by atoms with Gasteiger partial charge in [-0.3, -0.25) is 0 Å². The van der Waals surface area contributed by atoms with Crippen molar-refractivity contribution in [1.82, 2.24) is 5.32 Å². The van der Waals surface area contributed by atoms with Gasteiger partial charge in [-0.15, -0.1) is 0 Å².